The van der Waals surface area contributed by atoms with Gasteiger partial charge in [-0.15, -0.1) is 0 Å². The van der Waals surface area contributed by atoms with Crippen molar-refractivity contribution in [1.29, 1.82) is 0 Å². The van der Waals surface area contributed by atoms with Gasteiger partial charge in [-0.05, 0) is 123 Å². The lowest BCUT2D eigenvalue weighted by Gasteiger charge is -2.11. The summed E-state index contributed by atoms with van der Waals surface area (Å²) < 4.78 is 158. The third-order valence-electron chi connectivity index (χ3n) is 11.5. The molecule has 0 spiro atoms. The first kappa shape index (κ1) is 74.1. The fourth-order valence-electron chi connectivity index (χ4n) is 7.16. The largest absolute Gasteiger partial charge is 0.451 e. The van der Waals surface area contributed by atoms with Crippen molar-refractivity contribution in [3.63, 3.8) is 0 Å². The Morgan fingerprint density at radius 2 is 0.711 bits per heavy atom. The number of carbonyl (C=O) groups is 4. The van der Waals surface area contributed by atoms with Crippen molar-refractivity contribution >= 4 is 68.0 Å². The predicted molar refractivity (Wildman–Crippen MR) is 322 cm³/mol. The Hall–Kier alpha value is -8.32. The molecule has 34 heteroatoms. The fraction of sp³-hybridized carbons (Fsp3) is 0.393. The van der Waals surface area contributed by atoms with Crippen molar-refractivity contribution in [3.8, 4) is 23.0 Å². The molecular weight excluding hydrogens is 1240 g/mol. The van der Waals surface area contributed by atoms with E-state index >= 15 is 0 Å². The van der Waals surface area contributed by atoms with Gasteiger partial charge in [-0.2, -0.15) is 9.98 Å². The summed E-state index contributed by atoms with van der Waals surface area (Å²) in [5.41, 5.74) is 20.8. The van der Waals surface area contributed by atoms with Crippen molar-refractivity contribution in [2.24, 2.45) is 32.9 Å². The lowest BCUT2D eigenvalue weighted by atomic mass is 10.1. The van der Waals surface area contributed by atoms with E-state index in [-0.39, 0.29) is 161 Å². The number of ether oxygens (including phenoxy) is 8. The minimum atomic E-state index is -3.96. The Labute approximate surface area is 517 Å². The van der Waals surface area contributed by atoms with E-state index in [0.717, 1.165) is 24.3 Å². The smallest absolute Gasteiger partial charge is 0.314 e. The molecule has 0 bridgehead atoms. The third-order valence-corrected chi connectivity index (χ3v) is 14.4. The average molecular weight is 1310 g/mol. The fourth-order valence-corrected chi connectivity index (χ4v) is 9.19. The highest BCUT2D eigenvalue weighted by Gasteiger charge is 2.20. The molecule has 0 atom stereocenters. The monoisotopic (exact) mass is 1310 g/mol. The molecule has 0 saturated carbocycles. The highest BCUT2D eigenvalue weighted by atomic mass is 32.2. The van der Waals surface area contributed by atoms with Gasteiger partial charge in [0.05, 0.1) is 89.1 Å². The molecule has 0 saturated heterocycles. The molecule has 0 unspecified atom stereocenters. The van der Waals surface area contributed by atoms with E-state index in [4.69, 9.17) is 60.8 Å². The van der Waals surface area contributed by atoms with Gasteiger partial charge in [-0.25, -0.2) is 53.4 Å². The molecule has 0 aromatic heterocycles. The molecule has 90 heavy (non-hydrogen) atoms. The number of unbranched alkanes of at least 4 members (excludes halogenated alkanes) is 1. The van der Waals surface area contributed by atoms with Gasteiger partial charge in [0.15, 0.2) is 46.7 Å². The summed E-state index contributed by atoms with van der Waals surface area (Å²) in [5.74, 6) is -8.40. The van der Waals surface area contributed by atoms with Gasteiger partial charge in [-0.1, -0.05) is 0 Å². The summed E-state index contributed by atoms with van der Waals surface area (Å²) in [4.78, 5) is 54.4. The lowest BCUT2D eigenvalue weighted by Crippen LogP contribution is -2.39. The zero-order valence-electron chi connectivity index (χ0n) is 49.3. The van der Waals surface area contributed by atoms with Gasteiger partial charge < -0.3 is 82.1 Å². The second kappa shape index (κ2) is 39.6. The number of amides is 6. The van der Waals surface area contributed by atoms with Crippen molar-refractivity contribution in [1.82, 2.24) is 30.7 Å². The number of benzene rings is 4. The van der Waals surface area contributed by atoms with Crippen molar-refractivity contribution in [3.05, 3.63) is 118 Å². The zero-order chi connectivity index (χ0) is 65.9. The molecular formula is C56H74F4N12O16S2. The van der Waals surface area contributed by atoms with Crippen LogP contribution >= 0.6 is 0 Å². The number of nitrogens with one attached hydrogen (secondary N) is 6. The summed E-state index contributed by atoms with van der Waals surface area (Å²) in [6, 6.07) is 12.7. The third kappa shape index (κ3) is 28.9. The molecule has 0 radical (unpaired) electrons. The Morgan fingerprint density at radius 3 is 1.01 bits per heavy atom. The minimum Gasteiger partial charge on any atom is -0.451 e. The Balaban J connectivity index is 0.892. The second-order valence-electron chi connectivity index (χ2n) is 18.7. The van der Waals surface area contributed by atoms with Crippen molar-refractivity contribution in [2.75, 3.05) is 119 Å². The normalized spacial score (nSPS) is 11.8. The van der Waals surface area contributed by atoms with Gasteiger partial charge in [0.25, 0.3) is 11.8 Å². The van der Waals surface area contributed by atoms with Crippen LogP contribution in [0, 0.1) is 23.3 Å². The van der Waals surface area contributed by atoms with E-state index in [9.17, 15) is 53.6 Å². The maximum atomic E-state index is 14.8. The van der Waals surface area contributed by atoms with E-state index in [1.54, 1.807) is 0 Å². The van der Waals surface area contributed by atoms with Crippen LogP contribution in [0.5, 0.6) is 23.0 Å². The van der Waals surface area contributed by atoms with E-state index < -0.39 is 78.5 Å². The van der Waals surface area contributed by atoms with Crippen LogP contribution in [-0.2, 0) is 58.1 Å². The zero-order valence-corrected chi connectivity index (χ0v) is 50.9. The summed E-state index contributed by atoms with van der Waals surface area (Å²) in [5, 5.41) is 10.8. The first-order chi connectivity index (χ1) is 42.9. The van der Waals surface area contributed by atoms with E-state index in [1.165, 1.54) is 74.5 Å². The number of halogens is 4. The molecule has 4 rings (SSSR count). The topological polar surface area (TPSA) is 411 Å². The first-order valence-corrected chi connectivity index (χ1v) is 30.6. The van der Waals surface area contributed by atoms with Gasteiger partial charge in [0.2, 0.25) is 20.0 Å². The molecule has 28 nitrogen and oxygen atoms in total. The maximum absolute atomic E-state index is 14.8. The Bertz CT molecular complexity index is 3080. The van der Waals surface area contributed by atoms with E-state index in [2.05, 4.69) is 40.7 Å². The van der Waals surface area contributed by atoms with Crippen LogP contribution in [-0.4, -0.2) is 171 Å². The van der Waals surface area contributed by atoms with Gasteiger partial charge in [0, 0.05) is 50.4 Å². The number of rotatable bonds is 41. The van der Waals surface area contributed by atoms with Crippen LogP contribution in [0.25, 0.3) is 12.2 Å². The molecule has 0 fully saturated rings. The molecule has 4 aromatic rings. The summed E-state index contributed by atoms with van der Waals surface area (Å²) in [6.45, 7) is 6.28. The van der Waals surface area contributed by atoms with E-state index in [1.807, 2.05) is 0 Å². The Kier molecular flexibility index (Phi) is 32.7. The molecule has 0 aliphatic rings. The standard InChI is InChI=1S/C56H74F4N12O16S2/c1-37(51(73)71-53(61)62)31-39-33-45(57)49(46(58)34-39)87-41-5-9-43(10-6-41)89(77,78)69-17-21-83-25-29-85-27-23-81-19-15-67-55(75)65-13-3-4-14-66-56(76)68-16-20-82-24-28-86-30-26-84-22-18-70-90(79,80)44-11-7-42(8-12-44)88-50-47(59)35-40(36-48(50)60)32-38(2)52(74)72-54(63)64/h5-12,31-36,69-70H,3-4,13-30H2,1-2H3,(H2,65,67,75)(H2,66,68,76)(H4,61,62,71,73)(H4,63,64,72,74)/b37-31+,38-32+. The lowest BCUT2D eigenvalue weighted by molar-refractivity contribution is -0.115. The SMILES string of the molecule is C/C(=C\c1cc(F)c(Oc2ccc(S(=O)(=O)NCCOCCOCCOCCNC(=O)NCCCCNC(=O)NCCOCCOCCOCCNS(=O)(=O)c3ccc(Oc4c(F)cc(/C=C(\C)C(=O)N=C(N)N)cc4F)cc3)cc2)c(F)c1)C(=O)N=C(N)N. The summed E-state index contributed by atoms with van der Waals surface area (Å²) in [6.07, 6.45) is 3.61. The number of nitrogens with zero attached hydrogens (tertiary/aromatic N) is 2. The predicted octanol–water partition coefficient (Wildman–Crippen LogP) is 2.97. The van der Waals surface area contributed by atoms with Crippen LogP contribution in [0.15, 0.2) is 104 Å². The average Bonchev–Trinajstić information content (AvgIpc) is 1.12. The van der Waals surface area contributed by atoms with Crippen LogP contribution in [0.3, 0.4) is 0 Å². The highest BCUT2D eigenvalue weighted by Crippen LogP contribution is 2.32. The van der Waals surface area contributed by atoms with Crippen LogP contribution in [0.4, 0.5) is 27.2 Å². The molecule has 0 heterocycles. The van der Waals surface area contributed by atoms with Crippen molar-refractivity contribution in [2.45, 2.75) is 36.5 Å². The summed E-state index contributed by atoms with van der Waals surface area (Å²) >= 11 is 0. The molecule has 6 amide bonds. The number of hydrogen-bond acceptors (Lipinski definition) is 16. The first-order valence-electron chi connectivity index (χ1n) is 27.6. The quantitative estimate of drug-likeness (QED) is 0.0100. The van der Waals surface area contributed by atoms with Crippen molar-refractivity contribution < 1.29 is 91.5 Å². The molecule has 0 aliphatic heterocycles. The van der Waals surface area contributed by atoms with Gasteiger partial charge in [0.1, 0.15) is 11.5 Å². The number of aliphatic imine (C=N–C) groups is 2. The number of guanidine groups is 2. The Morgan fingerprint density at radius 1 is 0.433 bits per heavy atom. The van der Waals surface area contributed by atoms with Crippen LogP contribution in [0.1, 0.15) is 37.8 Å². The molecule has 494 valence electrons. The number of sulfonamides is 2. The van der Waals surface area contributed by atoms with Gasteiger partial charge >= 0.3 is 12.1 Å². The number of nitrogens with two attached hydrogens (primary N) is 4. The number of urea groups is 2. The number of hydrogen-bond donors (Lipinski definition) is 10. The molecule has 0 aliphatic carbocycles. The van der Waals surface area contributed by atoms with Crippen LogP contribution in [0.2, 0.25) is 0 Å². The maximum Gasteiger partial charge on any atom is 0.314 e. The van der Waals surface area contributed by atoms with Crippen LogP contribution < -0.4 is 63.1 Å². The van der Waals surface area contributed by atoms with Gasteiger partial charge in [-0.3, -0.25) is 9.59 Å². The highest BCUT2D eigenvalue weighted by molar-refractivity contribution is 7.89. The second-order valence-corrected chi connectivity index (χ2v) is 22.2. The molecule has 14 N–H and O–H groups in total. The minimum absolute atomic E-state index is 0.00724. The molecule has 4 aromatic carbocycles. The van der Waals surface area contributed by atoms with E-state index in [0.29, 0.717) is 25.9 Å². The number of carbonyl (C=O) groups excluding carboxylic acids is 4. The summed E-state index contributed by atoms with van der Waals surface area (Å²) in [7, 11) is -7.92.